The van der Waals surface area contributed by atoms with Gasteiger partial charge in [-0.3, -0.25) is 0 Å². The first kappa shape index (κ1) is 15.4. The Bertz CT molecular complexity index is 341. The lowest BCUT2D eigenvalue weighted by Crippen LogP contribution is -2.32. The normalized spacial score (nSPS) is 13.0. The number of nitrogens with one attached hydrogen (secondary N) is 1. The molecule has 0 saturated heterocycles. The van der Waals surface area contributed by atoms with Gasteiger partial charge < -0.3 is 15.0 Å². The Balaban J connectivity index is 2.47. The number of ether oxygens (including phenoxy) is 1. The SMILES string of the molecule is COCCNCc1cnc(N(C)C(C)C(C)C)s1. The molecule has 104 valence electrons. The Morgan fingerprint density at radius 1 is 1.44 bits per heavy atom. The molecule has 0 aliphatic carbocycles. The third-order valence-electron chi connectivity index (χ3n) is 3.20. The molecule has 1 heterocycles. The molecule has 0 amide bonds. The van der Waals surface area contributed by atoms with Crippen LogP contribution < -0.4 is 10.2 Å². The van der Waals surface area contributed by atoms with Crippen molar-refractivity contribution in [2.24, 2.45) is 5.92 Å². The molecule has 1 aromatic heterocycles. The molecule has 0 fully saturated rings. The van der Waals surface area contributed by atoms with Gasteiger partial charge in [-0.15, -0.1) is 11.3 Å². The van der Waals surface area contributed by atoms with Crippen LogP contribution in [0.5, 0.6) is 0 Å². The first-order valence-corrected chi connectivity index (χ1v) is 7.25. The highest BCUT2D eigenvalue weighted by Crippen LogP contribution is 2.24. The van der Waals surface area contributed by atoms with Crippen LogP contribution in [0.3, 0.4) is 0 Å². The molecule has 1 unspecified atom stereocenters. The van der Waals surface area contributed by atoms with Gasteiger partial charge in [-0.25, -0.2) is 4.98 Å². The summed E-state index contributed by atoms with van der Waals surface area (Å²) in [6, 6.07) is 0.505. The fraction of sp³-hybridized carbons (Fsp3) is 0.769. The molecule has 0 bridgehead atoms. The third-order valence-corrected chi connectivity index (χ3v) is 4.29. The molecule has 0 aliphatic rings. The fourth-order valence-electron chi connectivity index (χ4n) is 1.55. The topological polar surface area (TPSA) is 37.4 Å². The molecule has 0 aromatic carbocycles. The molecule has 0 radical (unpaired) electrons. The van der Waals surface area contributed by atoms with E-state index in [-0.39, 0.29) is 0 Å². The van der Waals surface area contributed by atoms with E-state index in [1.165, 1.54) is 4.88 Å². The number of aromatic nitrogens is 1. The van der Waals surface area contributed by atoms with Crippen molar-refractivity contribution in [3.63, 3.8) is 0 Å². The van der Waals surface area contributed by atoms with Gasteiger partial charge in [-0.2, -0.15) is 0 Å². The molecular formula is C13H25N3OS. The zero-order valence-corrected chi connectivity index (χ0v) is 12.9. The van der Waals surface area contributed by atoms with E-state index in [0.717, 1.165) is 24.8 Å². The van der Waals surface area contributed by atoms with Gasteiger partial charge in [-0.05, 0) is 12.8 Å². The summed E-state index contributed by atoms with van der Waals surface area (Å²) in [6.07, 6.45) is 1.96. The van der Waals surface area contributed by atoms with Crippen LogP contribution >= 0.6 is 11.3 Å². The van der Waals surface area contributed by atoms with Gasteiger partial charge in [0, 0.05) is 44.4 Å². The highest BCUT2D eigenvalue weighted by molar-refractivity contribution is 7.15. The van der Waals surface area contributed by atoms with E-state index < -0.39 is 0 Å². The highest BCUT2D eigenvalue weighted by Gasteiger charge is 2.16. The van der Waals surface area contributed by atoms with Crippen molar-refractivity contribution in [2.45, 2.75) is 33.4 Å². The van der Waals surface area contributed by atoms with Crippen LogP contribution in [0.25, 0.3) is 0 Å². The quantitative estimate of drug-likeness (QED) is 0.737. The van der Waals surface area contributed by atoms with E-state index in [2.05, 4.69) is 43.0 Å². The van der Waals surface area contributed by atoms with E-state index in [0.29, 0.717) is 12.0 Å². The summed E-state index contributed by atoms with van der Waals surface area (Å²) in [5.74, 6) is 0.627. The first-order chi connectivity index (χ1) is 8.56. The molecule has 4 nitrogen and oxygen atoms in total. The van der Waals surface area contributed by atoms with Gasteiger partial charge >= 0.3 is 0 Å². The number of methoxy groups -OCH3 is 1. The Labute approximate surface area is 114 Å². The molecule has 1 rings (SSSR count). The standard InChI is InChI=1S/C13H25N3OS/c1-10(2)11(3)16(4)13-15-9-12(18-13)8-14-6-7-17-5/h9-11,14H,6-8H2,1-5H3. The second-order valence-corrected chi connectivity index (χ2v) is 5.97. The average Bonchev–Trinajstić information content (AvgIpc) is 2.81. The van der Waals surface area contributed by atoms with Crippen LogP contribution in [0.15, 0.2) is 6.20 Å². The molecule has 0 saturated carbocycles. The van der Waals surface area contributed by atoms with Crippen LogP contribution in [-0.2, 0) is 11.3 Å². The molecule has 0 spiro atoms. The maximum absolute atomic E-state index is 5.00. The predicted molar refractivity (Wildman–Crippen MR) is 78.4 cm³/mol. The molecule has 18 heavy (non-hydrogen) atoms. The van der Waals surface area contributed by atoms with E-state index in [1.54, 1.807) is 18.4 Å². The second kappa shape index (κ2) is 7.71. The summed E-state index contributed by atoms with van der Waals surface area (Å²) in [4.78, 5) is 8.02. The summed E-state index contributed by atoms with van der Waals surface area (Å²) in [5.41, 5.74) is 0. The van der Waals surface area contributed by atoms with Gasteiger partial charge in [-0.1, -0.05) is 13.8 Å². The van der Waals surface area contributed by atoms with Gasteiger partial charge in [0.25, 0.3) is 0 Å². The lowest BCUT2D eigenvalue weighted by atomic mass is 10.1. The molecule has 5 heteroatoms. The Kier molecular flexibility index (Phi) is 6.60. The van der Waals surface area contributed by atoms with Gasteiger partial charge in [0.1, 0.15) is 0 Å². The molecule has 1 aromatic rings. The van der Waals surface area contributed by atoms with Crippen molar-refractivity contribution in [3.8, 4) is 0 Å². The van der Waals surface area contributed by atoms with Crippen molar-refractivity contribution in [2.75, 3.05) is 32.2 Å². The van der Waals surface area contributed by atoms with Gasteiger partial charge in [0.05, 0.1) is 6.61 Å². The summed E-state index contributed by atoms with van der Waals surface area (Å²) in [5, 5.41) is 4.43. The second-order valence-electron chi connectivity index (χ2n) is 4.87. The molecule has 0 aliphatic heterocycles. The number of nitrogens with zero attached hydrogens (tertiary/aromatic N) is 2. The smallest absolute Gasteiger partial charge is 0.185 e. The van der Waals surface area contributed by atoms with Crippen LogP contribution in [0.4, 0.5) is 5.13 Å². The largest absolute Gasteiger partial charge is 0.383 e. The minimum absolute atomic E-state index is 0.505. The Hall–Kier alpha value is -0.650. The predicted octanol–water partition coefficient (Wildman–Crippen LogP) is 2.36. The first-order valence-electron chi connectivity index (χ1n) is 6.43. The van der Waals surface area contributed by atoms with Crippen LogP contribution in [0.1, 0.15) is 25.6 Å². The Morgan fingerprint density at radius 3 is 2.78 bits per heavy atom. The average molecular weight is 271 g/mol. The third kappa shape index (κ3) is 4.55. The highest BCUT2D eigenvalue weighted by atomic mass is 32.1. The van der Waals surface area contributed by atoms with Crippen molar-refractivity contribution < 1.29 is 4.74 Å². The van der Waals surface area contributed by atoms with Crippen molar-refractivity contribution >= 4 is 16.5 Å². The number of hydrogen-bond acceptors (Lipinski definition) is 5. The minimum atomic E-state index is 0.505. The van der Waals surface area contributed by atoms with Crippen molar-refractivity contribution in [3.05, 3.63) is 11.1 Å². The maximum Gasteiger partial charge on any atom is 0.185 e. The van der Waals surface area contributed by atoms with Crippen LogP contribution in [0.2, 0.25) is 0 Å². The molecular weight excluding hydrogens is 246 g/mol. The fourth-order valence-corrected chi connectivity index (χ4v) is 2.48. The lowest BCUT2D eigenvalue weighted by Gasteiger charge is -2.27. The van der Waals surface area contributed by atoms with Crippen molar-refractivity contribution in [1.82, 2.24) is 10.3 Å². The number of rotatable bonds is 8. The maximum atomic E-state index is 5.00. The van der Waals surface area contributed by atoms with E-state index >= 15 is 0 Å². The summed E-state index contributed by atoms with van der Waals surface area (Å²) < 4.78 is 5.00. The number of hydrogen-bond donors (Lipinski definition) is 1. The Morgan fingerprint density at radius 2 is 2.17 bits per heavy atom. The van der Waals surface area contributed by atoms with E-state index in [9.17, 15) is 0 Å². The lowest BCUT2D eigenvalue weighted by molar-refractivity contribution is 0.199. The van der Waals surface area contributed by atoms with Crippen LogP contribution in [-0.4, -0.2) is 38.3 Å². The summed E-state index contributed by atoms with van der Waals surface area (Å²) >= 11 is 1.76. The number of thiazole rings is 1. The number of anilines is 1. The zero-order chi connectivity index (χ0) is 13.5. The summed E-state index contributed by atoms with van der Waals surface area (Å²) in [7, 11) is 3.83. The monoisotopic (exact) mass is 271 g/mol. The van der Waals surface area contributed by atoms with Crippen LogP contribution in [0, 0.1) is 5.92 Å². The van der Waals surface area contributed by atoms with Crippen molar-refractivity contribution in [1.29, 1.82) is 0 Å². The summed E-state index contributed by atoms with van der Waals surface area (Å²) in [6.45, 7) is 9.20. The van der Waals surface area contributed by atoms with E-state index in [4.69, 9.17) is 4.74 Å². The zero-order valence-electron chi connectivity index (χ0n) is 12.1. The molecule has 1 N–H and O–H groups in total. The van der Waals surface area contributed by atoms with Gasteiger partial charge in [0.2, 0.25) is 0 Å². The van der Waals surface area contributed by atoms with E-state index in [1.807, 2.05) is 6.20 Å². The minimum Gasteiger partial charge on any atom is -0.383 e. The van der Waals surface area contributed by atoms with Gasteiger partial charge in [0.15, 0.2) is 5.13 Å². The molecule has 1 atom stereocenters.